The van der Waals surface area contributed by atoms with Gasteiger partial charge in [0, 0.05) is 12.8 Å². The van der Waals surface area contributed by atoms with Crippen molar-refractivity contribution >= 4 is 11.8 Å². The Labute approximate surface area is 159 Å². The molecule has 0 aliphatic carbocycles. The summed E-state index contributed by atoms with van der Waals surface area (Å²) in [7, 11) is 1.99. The minimum atomic E-state index is 0.414. The number of hydrogen-bond acceptors (Lipinski definition) is 4. The highest BCUT2D eigenvalue weighted by atomic mass is 32.2. The SMILES string of the molecule is Cc1cc(C)c(CSc2nnc(COc3ccccc3C)n2C)c(C)c1. The van der Waals surface area contributed by atoms with Crippen LogP contribution in [0.5, 0.6) is 5.75 Å². The van der Waals surface area contributed by atoms with Crippen molar-refractivity contribution in [3.05, 3.63) is 70.0 Å². The maximum Gasteiger partial charge on any atom is 0.191 e. The van der Waals surface area contributed by atoms with Gasteiger partial charge in [0.1, 0.15) is 12.4 Å². The molecule has 2 aromatic carbocycles. The van der Waals surface area contributed by atoms with Crippen LogP contribution >= 0.6 is 11.8 Å². The van der Waals surface area contributed by atoms with Gasteiger partial charge in [-0.25, -0.2) is 0 Å². The molecule has 3 aromatic rings. The molecule has 0 fully saturated rings. The molecule has 5 heteroatoms. The predicted molar refractivity (Wildman–Crippen MR) is 107 cm³/mol. The molecule has 0 bridgehead atoms. The lowest BCUT2D eigenvalue weighted by Crippen LogP contribution is -2.05. The van der Waals surface area contributed by atoms with Crippen LogP contribution in [-0.2, 0) is 19.4 Å². The molecular weight excluding hydrogens is 342 g/mol. The standard InChI is InChI=1S/C21H25N3OS/c1-14-10-16(3)18(17(4)11-14)13-26-21-23-22-20(24(21)5)12-25-19-9-7-6-8-15(19)2/h6-11H,12-13H2,1-5H3. The topological polar surface area (TPSA) is 39.9 Å². The van der Waals surface area contributed by atoms with E-state index in [0.29, 0.717) is 6.61 Å². The van der Waals surface area contributed by atoms with E-state index in [9.17, 15) is 0 Å². The third-order valence-electron chi connectivity index (χ3n) is 4.56. The number of aromatic nitrogens is 3. The summed E-state index contributed by atoms with van der Waals surface area (Å²) < 4.78 is 7.91. The van der Waals surface area contributed by atoms with Crippen molar-refractivity contribution in [3.8, 4) is 5.75 Å². The molecule has 0 aliphatic heterocycles. The van der Waals surface area contributed by atoms with Crippen LogP contribution in [0.15, 0.2) is 41.6 Å². The van der Waals surface area contributed by atoms with E-state index < -0.39 is 0 Å². The third-order valence-corrected chi connectivity index (χ3v) is 5.61. The van der Waals surface area contributed by atoms with Gasteiger partial charge in [-0.1, -0.05) is 47.7 Å². The van der Waals surface area contributed by atoms with E-state index in [2.05, 4.69) is 43.1 Å². The average molecular weight is 368 g/mol. The highest BCUT2D eigenvalue weighted by molar-refractivity contribution is 7.98. The second-order valence-electron chi connectivity index (χ2n) is 6.68. The molecule has 0 spiro atoms. The van der Waals surface area contributed by atoms with Crippen LogP contribution in [-0.4, -0.2) is 14.8 Å². The summed E-state index contributed by atoms with van der Waals surface area (Å²) in [5.41, 5.74) is 6.47. The van der Waals surface area contributed by atoms with Gasteiger partial charge in [0.05, 0.1) is 0 Å². The smallest absolute Gasteiger partial charge is 0.191 e. The minimum Gasteiger partial charge on any atom is -0.485 e. The maximum absolute atomic E-state index is 5.90. The van der Waals surface area contributed by atoms with Gasteiger partial charge in [-0.05, 0) is 56.0 Å². The molecule has 1 aromatic heterocycles. The molecule has 3 rings (SSSR count). The Balaban J connectivity index is 1.67. The quantitative estimate of drug-likeness (QED) is 0.580. The molecule has 0 atom stereocenters. The first-order valence-electron chi connectivity index (χ1n) is 8.72. The number of aryl methyl sites for hydroxylation is 4. The van der Waals surface area contributed by atoms with E-state index in [4.69, 9.17) is 4.74 Å². The van der Waals surface area contributed by atoms with Gasteiger partial charge in [-0.15, -0.1) is 10.2 Å². The summed E-state index contributed by atoms with van der Waals surface area (Å²) in [4.78, 5) is 0. The first kappa shape index (κ1) is 18.5. The minimum absolute atomic E-state index is 0.414. The molecule has 0 saturated heterocycles. The number of rotatable bonds is 6. The Kier molecular flexibility index (Phi) is 5.67. The highest BCUT2D eigenvalue weighted by Crippen LogP contribution is 2.26. The number of benzene rings is 2. The molecule has 26 heavy (non-hydrogen) atoms. The van der Waals surface area contributed by atoms with Gasteiger partial charge in [-0.3, -0.25) is 0 Å². The number of nitrogens with zero attached hydrogens (tertiary/aromatic N) is 3. The zero-order valence-electron chi connectivity index (χ0n) is 16.0. The molecule has 0 N–H and O–H groups in total. The Bertz CT molecular complexity index is 894. The van der Waals surface area contributed by atoms with Gasteiger partial charge >= 0.3 is 0 Å². The van der Waals surface area contributed by atoms with Crippen molar-refractivity contribution in [2.75, 3.05) is 0 Å². The second kappa shape index (κ2) is 7.96. The first-order valence-corrected chi connectivity index (χ1v) is 9.70. The van der Waals surface area contributed by atoms with Crippen molar-refractivity contribution in [1.82, 2.24) is 14.8 Å². The molecule has 0 saturated carbocycles. The summed E-state index contributed by atoms with van der Waals surface area (Å²) in [6.45, 7) is 8.94. The Morgan fingerprint density at radius 3 is 2.35 bits per heavy atom. The van der Waals surface area contributed by atoms with Gasteiger partial charge in [0.25, 0.3) is 0 Å². The van der Waals surface area contributed by atoms with Crippen molar-refractivity contribution in [3.63, 3.8) is 0 Å². The Hall–Kier alpha value is -2.27. The zero-order chi connectivity index (χ0) is 18.7. The number of ether oxygens (including phenoxy) is 1. The van der Waals surface area contributed by atoms with Gasteiger partial charge in [0.15, 0.2) is 11.0 Å². The van der Waals surface area contributed by atoms with E-state index in [1.165, 1.54) is 22.3 Å². The summed E-state index contributed by atoms with van der Waals surface area (Å²) in [6, 6.07) is 12.5. The molecule has 0 amide bonds. The average Bonchev–Trinajstić information content (AvgIpc) is 2.93. The Morgan fingerprint density at radius 1 is 0.962 bits per heavy atom. The maximum atomic E-state index is 5.90. The van der Waals surface area contributed by atoms with Crippen molar-refractivity contribution < 1.29 is 4.74 Å². The van der Waals surface area contributed by atoms with Crippen molar-refractivity contribution in [2.45, 2.75) is 45.2 Å². The molecule has 0 aliphatic rings. The predicted octanol–water partition coefficient (Wildman–Crippen LogP) is 4.92. The third kappa shape index (κ3) is 4.10. The van der Waals surface area contributed by atoms with Gasteiger partial charge in [-0.2, -0.15) is 0 Å². The first-order chi connectivity index (χ1) is 12.5. The molecule has 0 radical (unpaired) electrons. The van der Waals surface area contributed by atoms with Crippen molar-refractivity contribution in [2.24, 2.45) is 7.05 Å². The molecule has 4 nitrogen and oxygen atoms in total. The van der Waals surface area contributed by atoms with Crippen LogP contribution in [0, 0.1) is 27.7 Å². The van der Waals surface area contributed by atoms with Crippen LogP contribution in [0.4, 0.5) is 0 Å². The van der Waals surface area contributed by atoms with Crippen LogP contribution in [0.2, 0.25) is 0 Å². The van der Waals surface area contributed by atoms with E-state index >= 15 is 0 Å². The van der Waals surface area contributed by atoms with E-state index in [0.717, 1.165) is 28.0 Å². The number of hydrogen-bond donors (Lipinski definition) is 0. The van der Waals surface area contributed by atoms with Crippen LogP contribution in [0.1, 0.15) is 33.6 Å². The Morgan fingerprint density at radius 2 is 1.65 bits per heavy atom. The summed E-state index contributed by atoms with van der Waals surface area (Å²) in [5.74, 6) is 2.60. The largest absolute Gasteiger partial charge is 0.485 e. The van der Waals surface area contributed by atoms with Gasteiger partial charge < -0.3 is 9.30 Å². The molecular formula is C21H25N3OS. The lowest BCUT2D eigenvalue weighted by Gasteiger charge is -2.11. The van der Waals surface area contributed by atoms with Crippen molar-refractivity contribution in [1.29, 1.82) is 0 Å². The fraction of sp³-hybridized carbons (Fsp3) is 0.333. The molecule has 1 heterocycles. The van der Waals surface area contributed by atoms with E-state index in [1.54, 1.807) is 11.8 Å². The normalized spacial score (nSPS) is 11.0. The van der Waals surface area contributed by atoms with Crippen LogP contribution < -0.4 is 4.74 Å². The zero-order valence-corrected chi connectivity index (χ0v) is 16.9. The lowest BCUT2D eigenvalue weighted by molar-refractivity contribution is 0.288. The van der Waals surface area contributed by atoms with E-state index in [1.807, 2.05) is 42.8 Å². The fourth-order valence-corrected chi connectivity index (χ4v) is 4.16. The van der Waals surface area contributed by atoms with E-state index in [-0.39, 0.29) is 0 Å². The monoisotopic (exact) mass is 367 g/mol. The molecule has 0 unspecified atom stereocenters. The highest BCUT2D eigenvalue weighted by Gasteiger charge is 2.12. The number of thioether (sulfide) groups is 1. The van der Waals surface area contributed by atoms with Crippen LogP contribution in [0.25, 0.3) is 0 Å². The second-order valence-corrected chi connectivity index (χ2v) is 7.62. The summed E-state index contributed by atoms with van der Waals surface area (Å²) >= 11 is 1.71. The summed E-state index contributed by atoms with van der Waals surface area (Å²) in [6.07, 6.45) is 0. The lowest BCUT2D eigenvalue weighted by atomic mass is 10.0. The van der Waals surface area contributed by atoms with Gasteiger partial charge in [0.2, 0.25) is 0 Å². The summed E-state index contributed by atoms with van der Waals surface area (Å²) in [5, 5.41) is 9.55. The fourth-order valence-electron chi connectivity index (χ4n) is 3.03. The van der Waals surface area contributed by atoms with Crippen LogP contribution in [0.3, 0.4) is 0 Å². The molecule has 136 valence electrons. The number of para-hydroxylation sites is 1.